The number of β-amino-alcohol motifs (C(OH)–C–C–N with tert-alkyl or cyclic N) is 1. The molecule has 3 rings (SSSR count). The fraction of sp³-hybridized carbons (Fsp3) is 0.714. The van der Waals surface area contributed by atoms with Crippen molar-refractivity contribution in [1.82, 2.24) is 4.90 Å². The fourth-order valence-corrected chi connectivity index (χ4v) is 4.38. The van der Waals surface area contributed by atoms with Gasteiger partial charge in [-0.2, -0.15) is 0 Å². The Morgan fingerprint density at radius 1 is 1.12 bits per heavy atom. The van der Waals surface area contributed by atoms with Crippen LogP contribution >= 0.6 is 0 Å². The van der Waals surface area contributed by atoms with Gasteiger partial charge in [-0.3, -0.25) is 0 Å². The molecule has 0 bridgehead atoms. The number of likely N-dealkylation sites (tertiary alicyclic amines) is 1. The molecular weight excluding hydrogens is 298 g/mol. The Hall–Kier alpha value is -1.06. The lowest BCUT2D eigenvalue weighted by atomic mass is 9.85. The molecule has 134 valence electrons. The van der Waals surface area contributed by atoms with Gasteiger partial charge < -0.3 is 14.7 Å². The summed E-state index contributed by atoms with van der Waals surface area (Å²) in [7, 11) is 2.10. The highest BCUT2D eigenvalue weighted by atomic mass is 16.5. The van der Waals surface area contributed by atoms with Gasteiger partial charge in [0, 0.05) is 12.6 Å². The topological polar surface area (TPSA) is 32.7 Å². The highest BCUT2D eigenvalue weighted by molar-refractivity contribution is 5.33. The number of likely N-dealkylation sites (N-methyl/N-ethyl adjacent to an activating group) is 1. The molecule has 0 aromatic heterocycles. The minimum Gasteiger partial charge on any atom is -0.493 e. The van der Waals surface area contributed by atoms with E-state index in [1.807, 2.05) is 0 Å². The van der Waals surface area contributed by atoms with Gasteiger partial charge in [0.25, 0.3) is 0 Å². The van der Waals surface area contributed by atoms with Crippen molar-refractivity contribution >= 4 is 0 Å². The Kier molecular flexibility index (Phi) is 6.56. The Morgan fingerprint density at radius 2 is 1.92 bits per heavy atom. The van der Waals surface area contributed by atoms with Crippen LogP contribution in [0.3, 0.4) is 0 Å². The first-order valence-corrected chi connectivity index (χ1v) is 9.81. The maximum atomic E-state index is 9.74. The van der Waals surface area contributed by atoms with E-state index in [9.17, 15) is 5.11 Å². The molecule has 0 amide bonds. The quantitative estimate of drug-likeness (QED) is 0.819. The van der Waals surface area contributed by atoms with Gasteiger partial charge in [0.05, 0.1) is 12.7 Å². The van der Waals surface area contributed by atoms with Crippen LogP contribution in [0.15, 0.2) is 24.3 Å². The molecule has 1 aliphatic heterocycles. The number of hydrogen-bond donors (Lipinski definition) is 1. The van der Waals surface area contributed by atoms with E-state index >= 15 is 0 Å². The van der Waals surface area contributed by atoms with Crippen LogP contribution in [0.25, 0.3) is 0 Å². The third-order valence-electron chi connectivity index (χ3n) is 5.89. The van der Waals surface area contributed by atoms with Gasteiger partial charge in [-0.25, -0.2) is 0 Å². The molecule has 3 nitrogen and oxygen atoms in total. The molecule has 0 radical (unpaired) electrons. The molecule has 1 N–H and O–H groups in total. The molecule has 3 heteroatoms. The standard InChI is InChI=1S/C21H33NO2/c1-22-16-20(23)15-19(22)13-14-24-21-10-6-5-9-18(21)12-11-17-7-3-2-4-8-17/h5-6,9-10,17,19-20,23H,2-4,7-8,11-16H2,1H3. The second-order valence-corrected chi connectivity index (χ2v) is 7.77. The molecule has 2 unspecified atom stereocenters. The second kappa shape index (κ2) is 8.87. The fourth-order valence-electron chi connectivity index (χ4n) is 4.38. The van der Waals surface area contributed by atoms with E-state index in [2.05, 4.69) is 36.2 Å². The predicted molar refractivity (Wildman–Crippen MR) is 98.5 cm³/mol. The number of aryl methyl sites for hydroxylation is 1. The number of ether oxygens (including phenoxy) is 1. The number of benzene rings is 1. The number of hydrogen-bond acceptors (Lipinski definition) is 3. The molecule has 1 aliphatic carbocycles. The van der Waals surface area contributed by atoms with Gasteiger partial charge in [0.2, 0.25) is 0 Å². The van der Waals surface area contributed by atoms with Crippen LogP contribution in [-0.4, -0.2) is 42.4 Å². The highest BCUT2D eigenvalue weighted by Crippen LogP contribution is 2.29. The summed E-state index contributed by atoms with van der Waals surface area (Å²) in [5, 5.41) is 9.74. The third kappa shape index (κ3) is 4.97. The summed E-state index contributed by atoms with van der Waals surface area (Å²) in [6.07, 6.45) is 11.3. The average Bonchev–Trinajstić information content (AvgIpc) is 2.92. The van der Waals surface area contributed by atoms with E-state index in [4.69, 9.17) is 4.74 Å². The molecule has 1 aromatic rings. The van der Waals surface area contributed by atoms with Crippen LogP contribution in [0.4, 0.5) is 0 Å². The van der Waals surface area contributed by atoms with Crippen LogP contribution in [0.2, 0.25) is 0 Å². The number of nitrogens with zero attached hydrogens (tertiary/aromatic N) is 1. The van der Waals surface area contributed by atoms with Gasteiger partial charge in [-0.15, -0.1) is 0 Å². The van der Waals surface area contributed by atoms with Crippen molar-refractivity contribution < 1.29 is 9.84 Å². The molecular formula is C21H33NO2. The van der Waals surface area contributed by atoms with Crippen molar-refractivity contribution in [2.24, 2.45) is 5.92 Å². The van der Waals surface area contributed by atoms with Crippen molar-refractivity contribution in [2.75, 3.05) is 20.2 Å². The van der Waals surface area contributed by atoms with Crippen molar-refractivity contribution in [2.45, 2.75) is 69.9 Å². The van der Waals surface area contributed by atoms with Gasteiger partial charge in [0.1, 0.15) is 5.75 Å². The monoisotopic (exact) mass is 331 g/mol. The largest absolute Gasteiger partial charge is 0.493 e. The van der Waals surface area contributed by atoms with Crippen molar-refractivity contribution in [3.63, 3.8) is 0 Å². The summed E-state index contributed by atoms with van der Waals surface area (Å²) in [5.41, 5.74) is 1.36. The Balaban J connectivity index is 1.46. The average molecular weight is 332 g/mol. The van der Waals surface area contributed by atoms with Crippen LogP contribution in [-0.2, 0) is 6.42 Å². The lowest BCUT2D eigenvalue weighted by molar-refractivity contribution is 0.182. The number of aliphatic hydroxyl groups excluding tert-OH is 1. The normalized spacial score (nSPS) is 25.9. The first-order chi connectivity index (χ1) is 11.7. The molecule has 2 fully saturated rings. The maximum Gasteiger partial charge on any atom is 0.122 e. The van der Waals surface area contributed by atoms with Crippen molar-refractivity contribution in [3.05, 3.63) is 29.8 Å². The van der Waals surface area contributed by atoms with Gasteiger partial charge in [-0.1, -0.05) is 50.3 Å². The summed E-state index contributed by atoms with van der Waals surface area (Å²) in [6, 6.07) is 9.00. The summed E-state index contributed by atoms with van der Waals surface area (Å²) in [6.45, 7) is 1.53. The van der Waals surface area contributed by atoms with E-state index in [0.717, 1.165) is 44.1 Å². The summed E-state index contributed by atoms with van der Waals surface area (Å²) in [5.74, 6) is 1.98. The summed E-state index contributed by atoms with van der Waals surface area (Å²) >= 11 is 0. The van der Waals surface area contributed by atoms with E-state index < -0.39 is 0 Å². The Labute approximate surface area is 147 Å². The number of aliphatic hydroxyl groups is 1. The molecule has 1 heterocycles. The first-order valence-electron chi connectivity index (χ1n) is 9.81. The van der Waals surface area contributed by atoms with Crippen molar-refractivity contribution in [3.8, 4) is 5.75 Å². The summed E-state index contributed by atoms with van der Waals surface area (Å²) in [4.78, 5) is 2.25. The molecule has 1 saturated carbocycles. The molecule has 2 aliphatic rings. The van der Waals surface area contributed by atoms with Crippen molar-refractivity contribution in [1.29, 1.82) is 0 Å². The molecule has 1 aromatic carbocycles. The van der Waals surface area contributed by atoms with Gasteiger partial charge >= 0.3 is 0 Å². The van der Waals surface area contributed by atoms with Gasteiger partial charge in [0.15, 0.2) is 0 Å². The zero-order valence-electron chi connectivity index (χ0n) is 15.1. The van der Waals surface area contributed by atoms with E-state index in [1.165, 1.54) is 44.1 Å². The third-order valence-corrected chi connectivity index (χ3v) is 5.89. The lowest BCUT2D eigenvalue weighted by Crippen LogP contribution is -2.26. The van der Waals surface area contributed by atoms with E-state index in [1.54, 1.807) is 0 Å². The van der Waals surface area contributed by atoms with Gasteiger partial charge in [-0.05, 0) is 50.3 Å². The molecule has 0 spiro atoms. The van der Waals surface area contributed by atoms with E-state index in [-0.39, 0.29) is 6.10 Å². The molecule has 24 heavy (non-hydrogen) atoms. The van der Waals surface area contributed by atoms with Crippen LogP contribution in [0.5, 0.6) is 5.75 Å². The lowest BCUT2D eigenvalue weighted by Gasteiger charge is -2.22. The second-order valence-electron chi connectivity index (χ2n) is 7.77. The Bertz CT molecular complexity index is 498. The minimum absolute atomic E-state index is 0.164. The minimum atomic E-state index is -0.164. The smallest absolute Gasteiger partial charge is 0.122 e. The first kappa shape index (κ1) is 17.8. The van der Waals surface area contributed by atoms with Crippen LogP contribution in [0, 0.1) is 5.92 Å². The number of para-hydroxylation sites is 1. The SMILES string of the molecule is CN1CC(O)CC1CCOc1ccccc1CCC1CCCCC1. The maximum absolute atomic E-state index is 9.74. The highest BCUT2D eigenvalue weighted by Gasteiger charge is 2.27. The Morgan fingerprint density at radius 3 is 2.67 bits per heavy atom. The zero-order chi connectivity index (χ0) is 16.8. The summed E-state index contributed by atoms with van der Waals surface area (Å²) < 4.78 is 6.11. The molecule has 2 atom stereocenters. The molecule has 1 saturated heterocycles. The predicted octanol–water partition coefficient (Wildman–Crippen LogP) is 4.03. The van der Waals surface area contributed by atoms with Crippen LogP contribution < -0.4 is 4.74 Å². The zero-order valence-corrected chi connectivity index (χ0v) is 15.1. The number of rotatable bonds is 7. The van der Waals surface area contributed by atoms with E-state index in [0.29, 0.717) is 6.04 Å². The van der Waals surface area contributed by atoms with Crippen LogP contribution in [0.1, 0.15) is 56.9 Å².